The number of sulfonamides is 1. The van der Waals surface area contributed by atoms with Gasteiger partial charge >= 0.3 is 0 Å². The predicted octanol–water partition coefficient (Wildman–Crippen LogP) is 4.78. The maximum atomic E-state index is 13.9. The molecule has 3 aromatic rings. The van der Waals surface area contributed by atoms with Gasteiger partial charge in [-0.15, -0.1) is 0 Å². The number of benzene rings is 3. The first-order valence-corrected chi connectivity index (χ1v) is 11.9. The summed E-state index contributed by atoms with van der Waals surface area (Å²) in [6.07, 6.45) is 1.06. The van der Waals surface area contributed by atoms with Crippen molar-refractivity contribution in [1.29, 1.82) is 0 Å². The molecule has 0 saturated carbocycles. The molecule has 1 N–H and O–H groups in total. The zero-order chi connectivity index (χ0) is 24.0. The number of hydrogen-bond acceptors (Lipinski definition) is 4. The van der Waals surface area contributed by atoms with Crippen LogP contribution in [0.15, 0.2) is 76.7 Å². The minimum atomic E-state index is -4.04. The van der Waals surface area contributed by atoms with Crippen LogP contribution in [-0.2, 0) is 21.4 Å². The summed E-state index contributed by atoms with van der Waals surface area (Å²) in [6.45, 7) is 1.31. The van der Waals surface area contributed by atoms with E-state index in [-0.39, 0.29) is 22.0 Å². The second-order valence-electron chi connectivity index (χ2n) is 7.08. The van der Waals surface area contributed by atoms with E-state index in [0.29, 0.717) is 5.02 Å². The molecule has 1 amide bonds. The number of carbonyl (C=O) groups is 1. The van der Waals surface area contributed by atoms with Crippen LogP contribution in [0.1, 0.15) is 16.7 Å². The van der Waals surface area contributed by atoms with Gasteiger partial charge in [0.2, 0.25) is 10.0 Å². The lowest BCUT2D eigenvalue weighted by atomic mass is 10.1. The first-order valence-electron chi connectivity index (χ1n) is 9.74. The molecule has 0 atom stereocenters. The predicted molar refractivity (Wildman–Crippen MR) is 127 cm³/mol. The minimum absolute atomic E-state index is 0.00465. The monoisotopic (exact) mass is 507 g/mol. The van der Waals surface area contributed by atoms with Crippen molar-refractivity contribution < 1.29 is 17.6 Å². The standard InChI is InChI=1S/C23H20Cl2FN3O3S/c1-16-5-2-3-6-17(16)14-29(33(31,32)19-11-9-18(24)10-12-19)15-23(30)28-27-13-20-21(25)7-4-8-22(20)26/h2-13H,14-15H2,1H3,(H,28,30)/b27-13-. The van der Waals surface area contributed by atoms with Crippen LogP contribution < -0.4 is 5.43 Å². The summed E-state index contributed by atoms with van der Waals surface area (Å²) >= 11 is 11.8. The molecule has 0 saturated heterocycles. The van der Waals surface area contributed by atoms with Crippen LogP contribution >= 0.6 is 23.2 Å². The second kappa shape index (κ2) is 10.9. The van der Waals surface area contributed by atoms with Gasteiger partial charge in [0, 0.05) is 17.1 Å². The first kappa shape index (κ1) is 24.9. The van der Waals surface area contributed by atoms with Crippen LogP contribution in [0.3, 0.4) is 0 Å². The highest BCUT2D eigenvalue weighted by atomic mass is 35.5. The van der Waals surface area contributed by atoms with Crippen molar-refractivity contribution in [2.24, 2.45) is 5.10 Å². The molecule has 0 aliphatic rings. The molecule has 0 aromatic heterocycles. The molecule has 6 nitrogen and oxygen atoms in total. The third-order valence-corrected chi connectivity index (χ3v) is 7.15. The summed E-state index contributed by atoms with van der Waals surface area (Å²) in [5, 5.41) is 4.23. The molecular formula is C23H20Cl2FN3O3S. The molecule has 3 rings (SSSR count). The largest absolute Gasteiger partial charge is 0.272 e. The number of amides is 1. The van der Waals surface area contributed by atoms with Gasteiger partial charge in [-0.3, -0.25) is 4.79 Å². The average molecular weight is 508 g/mol. The molecule has 0 radical (unpaired) electrons. The van der Waals surface area contributed by atoms with Gasteiger partial charge in [-0.25, -0.2) is 18.2 Å². The van der Waals surface area contributed by atoms with Gasteiger partial charge in [0.1, 0.15) is 5.82 Å². The molecule has 0 fully saturated rings. The van der Waals surface area contributed by atoms with Crippen molar-refractivity contribution in [3.05, 3.63) is 99.3 Å². The third-order valence-electron chi connectivity index (χ3n) is 4.76. The Bertz CT molecular complexity index is 1260. The van der Waals surface area contributed by atoms with E-state index in [1.807, 2.05) is 19.1 Å². The Labute approximate surface area is 201 Å². The summed E-state index contributed by atoms with van der Waals surface area (Å²) in [6, 6.07) is 17.1. The SMILES string of the molecule is Cc1ccccc1CN(CC(=O)N/N=C\c1c(F)cccc1Cl)S(=O)(=O)c1ccc(Cl)cc1. The minimum Gasteiger partial charge on any atom is -0.272 e. The van der Waals surface area contributed by atoms with E-state index in [1.165, 1.54) is 42.5 Å². The molecule has 33 heavy (non-hydrogen) atoms. The first-order chi connectivity index (χ1) is 15.7. The zero-order valence-electron chi connectivity index (χ0n) is 17.5. The highest BCUT2D eigenvalue weighted by molar-refractivity contribution is 7.89. The van der Waals surface area contributed by atoms with Gasteiger partial charge in [0.25, 0.3) is 5.91 Å². The molecular weight excluding hydrogens is 488 g/mol. The number of hydrazone groups is 1. The number of halogens is 3. The van der Waals surface area contributed by atoms with Gasteiger partial charge in [-0.05, 0) is 54.4 Å². The summed E-state index contributed by atoms with van der Waals surface area (Å²) in [4.78, 5) is 12.5. The van der Waals surface area contributed by atoms with E-state index in [9.17, 15) is 17.6 Å². The summed E-state index contributed by atoms with van der Waals surface area (Å²) < 4.78 is 41.4. The molecule has 10 heteroatoms. The van der Waals surface area contributed by atoms with E-state index in [2.05, 4.69) is 10.5 Å². The van der Waals surface area contributed by atoms with Crippen molar-refractivity contribution in [3.63, 3.8) is 0 Å². The molecule has 0 aliphatic carbocycles. The van der Waals surface area contributed by atoms with Crippen molar-refractivity contribution in [2.75, 3.05) is 6.54 Å². The summed E-state index contributed by atoms with van der Waals surface area (Å²) in [5.41, 5.74) is 3.85. The number of nitrogens with zero attached hydrogens (tertiary/aromatic N) is 2. The lowest BCUT2D eigenvalue weighted by molar-refractivity contribution is -0.121. The fourth-order valence-electron chi connectivity index (χ4n) is 2.96. The van der Waals surface area contributed by atoms with Gasteiger partial charge in [-0.2, -0.15) is 9.41 Å². The molecule has 0 bridgehead atoms. The number of rotatable bonds is 8. The second-order valence-corrected chi connectivity index (χ2v) is 9.86. The van der Waals surface area contributed by atoms with Crippen LogP contribution in [0.25, 0.3) is 0 Å². The topological polar surface area (TPSA) is 78.8 Å². The van der Waals surface area contributed by atoms with Gasteiger partial charge < -0.3 is 0 Å². The number of carbonyl (C=O) groups excluding carboxylic acids is 1. The van der Waals surface area contributed by atoms with Crippen LogP contribution in [0.2, 0.25) is 10.0 Å². The quantitative estimate of drug-likeness (QED) is 0.351. The van der Waals surface area contributed by atoms with Gasteiger partial charge in [0.05, 0.1) is 22.7 Å². The van der Waals surface area contributed by atoms with Crippen molar-refractivity contribution in [2.45, 2.75) is 18.4 Å². The highest BCUT2D eigenvalue weighted by Crippen LogP contribution is 2.21. The van der Waals surface area contributed by atoms with Crippen LogP contribution in [-0.4, -0.2) is 31.4 Å². The summed E-state index contributed by atoms with van der Waals surface area (Å²) in [7, 11) is -4.04. The van der Waals surface area contributed by atoms with Crippen LogP contribution in [0.5, 0.6) is 0 Å². The van der Waals surface area contributed by atoms with Crippen LogP contribution in [0.4, 0.5) is 4.39 Å². The van der Waals surface area contributed by atoms with Crippen molar-refractivity contribution >= 4 is 45.3 Å². The average Bonchev–Trinajstić information content (AvgIpc) is 2.77. The number of nitrogens with one attached hydrogen (secondary N) is 1. The molecule has 0 spiro atoms. The zero-order valence-corrected chi connectivity index (χ0v) is 19.8. The van der Waals surface area contributed by atoms with Gasteiger partial charge in [-0.1, -0.05) is 53.5 Å². The lowest BCUT2D eigenvalue weighted by Gasteiger charge is -2.22. The smallest absolute Gasteiger partial charge is 0.255 e. The Morgan fingerprint density at radius 1 is 1.06 bits per heavy atom. The fourth-order valence-corrected chi connectivity index (χ4v) is 4.67. The van der Waals surface area contributed by atoms with Crippen LogP contribution in [0, 0.1) is 12.7 Å². The van der Waals surface area contributed by atoms with E-state index < -0.39 is 28.3 Å². The Balaban J connectivity index is 1.83. The summed E-state index contributed by atoms with van der Waals surface area (Å²) in [5.74, 6) is -1.31. The Morgan fingerprint density at radius 2 is 1.76 bits per heavy atom. The normalized spacial score (nSPS) is 11.8. The Kier molecular flexibility index (Phi) is 8.20. The molecule has 172 valence electrons. The molecule has 3 aromatic carbocycles. The molecule has 0 heterocycles. The molecule has 0 unspecified atom stereocenters. The van der Waals surface area contributed by atoms with Gasteiger partial charge in [0.15, 0.2) is 0 Å². The lowest BCUT2D eigenvalue weighted by Crippen LogP contribution is -2.39. The van der Waals surface area contributed by atoms with E-state index in [4.69, 9.17) is 23.2 Å². The highest BCUT2D eigenvalue weighted by Gasteiger charge is 2.27. The fraction of sp³-hybridized carbons (Fsp3) is 0.130. The Morgan fingerprint density at radius 3 is 2.42 bits per heavy atom. The Hall–Kier alpha value is -2.78. The maximum absolute atomic E-state index is 13.9. The van der Waals surface area contributed by atoms with Crippen molar-refractivity contribution in [1.82, 2.24) is 9.73 Å². The van der Waals surface area contributed by atoms with E-state index in [0.717, 1.165) is 21.6 Å². The number of aryl methyl sites for hydroxylation is 1. The van der Waals surface area contributed by atoms with E-state index >= 15 is 0 Å². The van der Waals surface area contributed by atoms with Crippen molar-refractivity contribution in [3.8, 4) is 0 Å². The number of hydrogen-bond donors (Lipinski definition) is 1. The van der Waals surface area contributed by atoms with E-state index in [1.54, 1.807) is 12.1 Å². The molecule has 0 aliphatic heterocycles. The third kappa shape index (κ3) is 6.39. The maximum Gasteiger partial charge on any atom is 0.255 e.